The Hall–Kier alpha value is -2.46. The minimum Gasteiger partial charge on any atom is -0.338 e. The molecule has 0 radical (unpaired) electrons. The Kier molecular flexibility index (Phi) is 6.26. The largest absolute Gasteiger partial charge is 0.338 e. The van der Waals surface area contributed by atoms with Crippen LogP contribution in [-0.2, 0) is 14.8 Å². The summed E-state index contributed by atoms with van der Waals surface area (Å²) in [7, 11) is -3.69. The van der Waals surface area contributed by atoms with Crippen molar-refractivity contribution in [2.24, 2.45) is 17.8 Å². The van der Waals surface area contributed by atoms with E-state index in [1.807, 2.05) is 0 Å². The number of carbonyl (C=O) groups excluding carboxylic acids is 3. The Labute approximate surface area is 188 Å². The number of urea groups is 1. The Bertz CT molecular complexity index is 1020. The predicted octanol–water partition coefficient (Wildman–Crippen LogP) is 1.41. The monoisotopic (exact) mass is 462 g/mol. The third-order valence-electron chi connectivity index (χ3n) is 6.58. The number of piperidine rings is 2. The van der Waals surface area contributed by atoms with Crippen LogP contribution in [0.4, 0.5) is 4.79 Å². The lowest BCUT2D eigenvalue weighted by Crippen LogP contribution is -2.48. The van der Waals surface area contributed by atoms with Crippen LogP contribution in [0, 0.1) is 17.8 Å². The molecule has 2 N–H and O–H groups in total. The summed E-state index contributed by atoms with van der Waals surface area (Å²) in [5.41, 5.74) is 0.310. The maximum absolute atomic E-state index is 13.2. The zero-order valence-corrected chi connectivity index (χ0v) is 19.2. The van der Waals surface area contributed by atoms with Crippen LogP contribution < -0.4 is 10.6 Å². The van der Waals surface area contributed by atoms with Gasteiger partial charge in [-0.2, -0.15) is 4.31 Å². The molecule has 9 nitrogen and oxygen atoms in total. The van der Waals surface area contributed by atoms with Gasteiger partial charge < -0.3 is 10.2 Å². The molecule has 4 amide bonds. The zero-order chi connectivity index (χ0) is 23.0. The summed E-state index contributed by atoms with van der Waals surface area (Å²) >= 11 is 0. The quantitative estimate of drug-likeness (QED) is 0.657. The molecular weight excluding hydrogens is 432 g/mol. The molecule has 10 heteroatoms. The van der Waals surface area contributed by atoms with Crippen LogP contribution in [0.1, 0.15) is 43.5 Å². The molecule has 3 fully saturated rings. The van der Waals surface area contributed by atoms with Gasteiger partial charge in [0.15, 0.2) is 0 Å². The molecule has 0 saturated carbocycles. The molecule has 0 aliphatic carbocycles. The first-order valence-corrected chi connectivity index (χ1v) is 12.6. The highest BCUT2D eigenvalue weighted by Gasteiger charge is 2.39. The highest BCUT2D eigenvalue weighted by atomic mass is 32.2. The Morgan fingerprint density at radius 1 is 1.09 bits per heavy atom. The van der Waals surface area contributed by atoms with Gasteiger partial charge in [-0.1, -0.05) is 19.9 Å². The van der Waals surface area contributed by atoms with Gasteiger partial charge in [-0.05, 0) is 49.3 Å². The number of hydrogen-bond acceptors (Lipinski definition) is 5. The molecule has 3 aliphatic heterocycles. The van der Waals surface area contributed by atoms with Gasteiger partial charge in [-0.25, -0.2) is 13.2 Å². The van der Waals surface area contributed by atoms with Crippen LogP contribution in [0.15, 0.2) is 29.2 Å². The van der Waals surface area contributed by atoms with Gasteiger partial charge in [0.05, 0.1) is 4.90 Å². The number of likely N-dealkylation sites (tertiary alicyclic amines) is 1. The van der Waals surface area contributed by atoms with E-state index in [1.165, 1.54) is 16.4 Å². The second kappa shape index (κ2) is 8.82. The van der Waals surface area contributed by atoms with Gasteiger partial charge in [0.2, 0.25) is 10.0 Å². The Morgan fingerprint density at radius 3 is 2.47 bits per heavy atom. The average molecular weight is 463 g/mol. The van der Waals surface area contributed by atoms with Gasteiger partial charge in [0.25, 0.3) is 11.8 Å². The summed E-state index contributed by atoms with van der Waals surface area (Å²) in [4.78, 5) is 38.4. The number of sulfonamides is 1. The van der Waals surface area contributed by atoms with Crippen LogP contribution >= 0.6 is 0 Å². The summed E-state index contributed by atoms with van der Waals surface area (Å²) < 4.78 is 28.0. The smallest absolute Gasteiger partial charge is 0.322 e. The summed E-state index contributed by atoms with van der Waals surface area (Å²) in [6.07, 6.45) is 2.43. The van der Waals surface area contributed by atoms with Crippen molar-refractivity contribution in [2.75, 3.05) is 26.2 Å². The van der Waals surface area contributed by atoms with Crippen molar-refractivity contribution < 1.29 is 22.8 Å². The molecule has 0 unspecified atom stereocenters. The highest BCUT2D eigenvalue weighted by Crippen LogP contribution is 2.28. The SMILES string of the molecule is C[C@@H]1C[C@H](C)CN(S(=O)(=O)c2cccc(C(=O)N3CCC[C@@H]([C@@H]4NC(=O)NC4=O)C3)c2)C1. The van der Waals surface area contributed by atoms with Crippen LogP contribution in [0.2, 0.25) is 0 Å². The number of amides is 4. The minimum absolute atomic E-state index is 0.126. The van der Waals surface area contributed by atoms with Crippen molar-refractivity contribution >= 4 is 27.9 Å². The topological polar surface area (TPSA) is 116 Å². The molecular formula is C22H30N4O5S. The summed E-state index contributed by atoms with van der Waals surface area (Å²) in [6.45, 7) is 5.92. The van der Waals surface area contributed by atoms with Crippen molar-refractivity contribution in [3.8, 4) is 0 Å². The molecule has 3 aliphatic rings. The second-order valence-electron chi connectivity index (χ2n) is 9.39. The molecule has 1 aromatic rings. The highest BCUT2D eigenvalue weighted by molar-refractivity contribution is 7.89. The van der Waals surface area contributed by atoms with Crippen molar-refractivity contribution in [1.29, 1.82) is 0 Å². The summed E-state index contributed by atoms with van der Waals surface area (Å²) in [5, 5.41) is 4.86. The van der Waals surface area contributed by atoms with E-state index in [-0.39, 0.29) is 34.5 Å². The molecule has 0 bridgehead atoms. The van der Waals surface area contributed by atoms with E-state index in [0.717, 1.165) is 12.8 Å². The first-order valence-electron chi connectivity index (χ1n) is 11.2. The van der Waals surface area contributed by atoms with Crippen LogP contribution in [0.5, 0.6) is 0 Å². The number of benzene rings is 1. The van der Waals surface area contributed by atoms with E-state index >= 15 is 0 Å². The number of carbonyl (C=O) groups is 3. The van der Waals surface area contributed by atoms with Crippen molar-refractivity contribution in [3.63, 3.8) is 0 Å². The van der Waals surface area contributed by atoms with E-state index in [9.17, 15) is 22.8 Å². The number of nitrogens with one attached hydrogen (secondary N) is 2. The minimum atomic E-state index is -3.69. The van der Waals surface area contributed by atoms with Gasteiger partial charge >= 0.3 is 6.03 Å². The maximum Gasteiger partial charge on any atom is 0.322 e. The normalized spacial score (nSPS) is 29.5. The second-order valence-corrected chi connectivity index (χ2v) is 11.3. The maximum atomic E-state index is 13.2. The molecule has 3 saturated heterocycles. The number of imide groups is 1. The first-order chi connectivity index (χ1) is 15.1. The van der Waals surface area contributed by atoms with Gasteiger partial charge in [-0.3, -0.25) is 14.9 Å². The third kappa shape index (κ3) is 4.52. The van der Waals surface area contributed by atoms with Crippen molar-refractivity contribution in [2.45, 2.75) is 44.0 Å². The lowest BCUT2D eigenvalue weighted by molar-refractivity contribution is -0.121. The lowest BCUT2D eigenvalue weighted by Gasteiger charge is -2.35. The number of rotatable bonds is 4. The Morgan fingerprint density at radius 2 is 1.81 bits per heavy atom. The standard InChI is InChI=1S/C22H30N4O5S/c1-14-9-15(2)12-26(11-14)32(30,31)18-7-3-5-16(10-18)21(28)25-8-4-6-17(13-25)19-20(27)24-22(29)23-19/h3,5,7,10,14-15,17,19H,4,6,8-9,11-13H2,1-2H3,(H2,23,24,27,29)/t14-,15+,17-,19+/m1/s1. The molecule has 4 atom stereocenters. The zero-order valence-electron chi connectivity index (χ0n) is 18.4. The third-order valence-corrected chi connectivity index (χ3v) is 8.40. The molecule has 1 aromatic carbocycles. The number of nitrogens with zero attached hydrogens (tertiary/aromatic N) is 2. The molecule has 3 heterocycles. The Balaban J connectivity index is 1.51. The van der Waals surface area contributed by atoms with Gasteiger partial charge in [0, 0.05) is 37.7 Å². The van der Waals surface area contributed by atoms with E-state index in [2.05, 4.69) is 24.5 Å². The summed E-state index contributed by atoms with van der Waals surface area (Å²) in [6, 6.07) is 5.05. The fraction of sp³-hybridized carbons (Fsp3) is 0.591. The van der Waals surface area contributed by atoms with E-state index in [1.54, 1.807) is 17.0 Å². The molecule has 174 valence electrons. The molecule has 0 spiro atoms. The predicted molar refractivity (Wildman–Crippen MR) is 117 cm³/mol. The first kappa shape index (κ1) is 22.7. The number of hydrogen-bond donors (Lipinski definition) is 2. The van der Waals surface area contributed by atoms with Crippen LogP contribution in [0.3, 0.4) is 0 Å². The van der Waals surface area contributed by atoms with E-state index in [4.69, 9.17) is 0 Å². The average Bonchev–Trinajstić information content (AvgIpc) is 3.10. The van der Waals surface area contributed by atoms with Crippen molar-refractivity contribution in [3.05, 3.63) is 29.8 Å². The van der Waals surface area contributed by atoms with Crippen LogP contribution in [0.25, 0.3) is 0 Å². The lowest BCUT2D eigenvalue weighted by atomic mass is 9.90. The molecule has 0 aromatic heterocycles. The van der Waals surface area contributed by atoms with Crippen LogP contribution in [-0.4, -0.2) is 67.7 Å². The fourth-order valence-corrected chi connectivity index (χ4v) is 6.88. The van der Waals surface area contributed by atoms with E-state index in [0.29, 0.717) is 38.2 Å². The van der Waals surface area contributed by atoms with Gasteiger partial charge in [0.1, 0.15) is 6.04 Å². The summed E-state index contributed by atoms with van der Waals surface area (Å²) in [5.74, 6) is -0.236. The molecule has 4 rings (SSSR count). The molecule has 32 heavy (non-hydrogen) atoms. The van der Waals surface area contributed by atoms with E-state index < -0.39 is 22.1 Å². The fourth-order valence-electron chi connectivity index (χ4n) is 5.15. The van der Waals surface area contributed by atoms with Gasteiger partial charge in [-0.15, -0.1) is 0 Å². The van der Waals surface area contributed by atoms with Crippen molar-refractivity contribution in [1.82, 2.24) is 19.8 Å².